The Morgan fingerprint density at radius 3 is 2.40 bits per heavy atom. The van der Waals surface area contributed by atoms with Gasteiger partial charge in [-0.2, -0.15) is 0 Å². The average Bonchev–Trinajstić information content (AvgIpc) is 2.72. The van der Waals surface area contributed by atoms with Crippen molar-refractivity contribution in [3.63, 3.8) is 0 Å². The Kier molecular flexibility index (Phi) is 8.00. The minimum atomic E-state index is -0.888. The van der Waals surface area contributed by atoms with Crippen LogP contribution in [0.2, 0.25) is 0 Å². The molecule has 30 heavy (non-hydrogen) atoms. The van der Waals surface area contributed by atoms with Crippen molar-refractivity contribution in [3.8, 4) is 0 Å². The van der Waals surface area contributed by atoms with E-state index in [4.69, 9.17) is 9.47 Å². The van der Waals surface area contributed by atoms with E-state index in [0.29, 0.717) is 30.1 Å². The number of amides is 1. The number of esters is 1. The SMILES string of the molecule is COCCNc1ccc([N+](=O)[O-])cc1C(=O)OCC(=O)Nc1ccc(C(C)=O)cc1. The summed E-state index contributed by atoms with van der Waals surface area (Å²) in [6.07, 6.45) is 0. The van der Waals surface area contributed by atoms with Crippen molar-refractivity contribution < 1.29 is 28.8 Å². The van der Waals surface area contributed by atoms with Gasteiger partial charge in [-0.05, 0) is 37.3 Å². The molecule has 0 spiro atoms. The van der Waals surface area contributed by atoms with E-state index in [2.05, 4.69) is 10.6 Å². The van der Waals surface area contributed by atoms with Gasteiger partial charge in [0, 0.05) is 42.7 Å². The first kappa shape index (κ1) is 22.5. The molecule has 0 saturated carbocycles. The molecule has 0 heterocycles. The normalized spacial score (nSPS) is 10.2. The number of nitrogens with zero attached hydrogens (tertiary/aromatic N) is 1. The molecule has 1 amide bonds. The fourth-order valence-corrected chi connectivity index (χ4v) is 2.45. The van der Waals surface area contributed by atoms with Crippen LogP contribution in [0.15, 0.2) is 42.5 Å². The van der Waals surface area contributed by atoms with Crippen LogP contribution in [-0.2, 0) is 14.3 Å². The van der Waals surface area contributed by atoms with Crippen LogP contribution in [0.25, 0.3) is 0 Å². The number of Topliss-reactive ketones (excluding diaryl/α,β-unsaturated/α-hetero) is 1. The highest BCUT2D eigenvalue weighted by atomic mass is 16.6. The fourth-order valence-electron chi connectivity index (χ4n) is 2.45. The molecule has 0 aromatic heterocycles. The number of ketones is 1. The zero-order valence-electron chi connectivity index (χ0n) is 16.5. The minimum Gasteiger partial charge on any atom is -0.452 e. The van der Waals surface area contributed by atoms with Gasteiger partial charge in [-0.15, -0.1) is 0 Å². The van der Waals surface area contributed by atoms with Gasteiger partial charge in [0.1, 0.15) is 0 Å². The van der Waals surface area contributed by atoms with Gasteiger partial charge in [0.25, 0.3) is 11.6 Å². The zero-order valence-corrected chi connectivity index (χ0v) is 16.5. The number of non-ortho nitro benzene ring substituents is 1. The van der Waals surface area contributed by atoms with Gasteiger partial charge >= 0.3 is 5.97 Å². The smallest absolute Gasteiger partial charge is 0.341 e. The summed E-state index contributed by atoms with van der Waals surface area (Å²) in [7, 11) is 1.51. The van der Waals surface area contributed by atoms with Crippen LogP contribution in [0.1, 0.15) is 27.6 Å². The molecule has 0 radical (unpaired) electrons. The Hall–Kier alpha value is -3.79. The van der Waals surface area contributed by atoms with Crippen molar-refractivity contribution in [2.75, 3.05) is 37.5 Å². The molecule has 0 fully saturated rings. The summed E-state index contributed by atoms with van der Waals surface area (Å²) >= 11 is 0. The summed E-state index contributed by atoms with van der Waals surface area (Å²) in [6, 6.07) is 9.94. The van der Waals surface area contributed by atoms with E-state index in [1.807, 2.05) is 0 Å². The number of hydrogen-bond acceptors (Lipinski definition) is 8. The second kappa shape index (κ2) is 10.7. The predicted molar refractivity (Wildman–Crippen MR) is 109 cm³/mol. The number of nitro benzene ring substituents is 1. The molecule has 158 valence electrons. The quantitative estimate of drug-likeness (QED) is 0.199. The van der Waals surface area contributed by atoms with Crippen LogP contribution in [-0.4, -0.2) is 49.5 Å². The van der Waals surface area contributed by atoms with E-state index in [1.165, 1.54) is 26.2 Å². The number of methoxy groups -OCH3 is 1. The molecule has 0 saturated heterocycles. The number of anilines is 2. The molecule has 10 heteroatoms. The number of nitrogens with one attached hydrogen (secondary N) is 2. The summed E-state index contributed by atoms with van der Waals surface area (Å²) in [4.78, 5) is 46.1. The lowest BCUT2D eigenvalue weighted by Crippen LogP contribution is -2.21. The summed E-state index contributed by atoms with van der Waals surface area (Å²) in [5, 5.41) is 16.5. The van der Waals surface area contributed by atoms with E-state index in [9.17, 15) is 24.5 Å². The molecular formula is C20H21N3O7. The number of carbonyl (C=O) groups excluding carboxylic acids is 3. The summed E-state index contributed by atoms with van der Waals surface area (Å²) in [5.41, 5.74) is 0.896. The average molecular weight is 415 g/mol. The second-order valence-electron chi connectivity index (χ2n) is 6.16. The predicted octanol–water partition coefficient (Wildman–Crippen LogP) is 2.65. The van der Waals surface area contributed by atoms with Crippen LogP contribution < -0.4 is 10.6 Å². The first-order chi connectivity index (χ1) is 14.3. The number of ether oxygens (including phenoxy) is 2. The van der Waals surface area contributed by atoms with Gasteiger partial charge in [0.2, 0.25) is 0 Å². The van der Waals surface area contributed by atoms with Crippen LogP contribution in [0, 0.1) is 10.1 Å². The lowest BCUT2D eigenvalue weighted by atomic mass is 10.1. The van der Waals surface area contributed by atoms with Gasteiger partial charge in [-0.1, -0.05) is 0 Å². The van der Waals surface area contributed by atoms with E-state index in [0.717, 1.165) is 6.07 Å². The van der Waals surface area contributed by atoms with Gasteiger partial charge in [0.15, 0.2) is 12.4 Å². The Bertz CT molecular complexity index is 942. The topological polar surface area (TPSA) is 137 Å². The molecule has 0 aliphatic rings. The van der Waals surface area contributed by atoms with Crippen LogP contribution >= 0.6 is 0 Å². The molecule has 0 bridgehead atoms. The van der Waals surface area contributed by atoms with Gasteiger partial charge in [0.05, 0.1) is 17.1 Å². The number of benzene rings is 2. The van der Waals surface area contributed by atoms with Gasteiger partial charge < -0.3 is 20.1 Å². The molecule has 2 aromatic rings. The maximum atomic E-state index is 12.4. The van der Waals surface area contributed by atoms with Crippen molar-refractivity contribution in [3.05, 3.63) is 63.7 Å². The van der Waals surface area contributed by atoms with Crippen molar-refractivity contribution in [1.29, 1.82) is 0 Å². The van der Waals surface area contributed by atoms with Gasteiger partial charge in [-0.3, -0.25) is 19.7 Å². The Morgan fingerprint density at radius 2 is 1.80 bits per heavy atom. The molecular weight excluding hydrogens is 394 g/mol. The molecule has 2 aromatic carbocycles. The Morgan fingerprint density at radius 1 is 1.10 bits per heavy atom. The monoisotopic (exact) mass is 415 g/mol. The third-order valence-electron chi connectivity index (χ3n) is 3.97. The molecule has 0 aliphatic carbocycles. The Labute approximate surface area is 172 Å². The highest BCUT2D eigenvalue weighted by molar-refractivity contribution is 5.99. The van der Waals surface area contributed by atoms with Crippen molar-refractivity contribution in [2.45, 2.75) is 6.92 Å². The van der Waals surface area contributed by atoms with Crippen molar-refractivity contribution in [2.24, 2.45) is 0 Å². The maximum Gasteiger partial charge on any atom is 0.341 e. The minimum absolute atomic E-state index is 0.0704. The highest BCUT2D eigenvalue weighted by Crippen LogP contribution is 2.23. The molecule has 2 N–H and O–H groups in total. The van der Waals surface area contributed by atoms with Crippen LogP contribution in [0.4, 0.5) is 17.1 Å². The first-order valence-corrected chi connectivity index (χ1v) is 8.91. The maximum absolute atomic E-state index is 12.4. The summed E-state index contributed by atoms with van der Waals surface area (Å²) in [5.74, 6) is -1.59. The Balaban J connectivity index is 2.03. The number of hydrogen-bond donors (Lipinski definition) is 2. The molecule has 0 atom stereocenters. The first-order valence-electron chi connectivity index (χ1n) is 8.91. The van der Waals surface area contributed by atoms with E-state index in [1.54, 1.807) is 24.3 Å². The summed E-state index contributed by atoms with van der Waals surface area (Å²) in [6.45, 7) is 1.56. The van der Waals surface area contributed by atoms with E-state index in [-0.39, 0.29) is 17.0 Å². The van der Waals surface area contributed by atoms with Gasteiger partial charge in [-0.25, -0.2) is 4.79 Å². The molecule has 2 rings (SSSR count). The standard InChI is InChI=1S/C20H21N3O7/c1-13(24)14-3-5-15(6-4-14)22-19(25)12-30-20(26)17-11-16(23(27)28)7-8-18(17)21-9-10-29-2/h3-8,11,21H,9-10,12H2,1-2H3,(H,22,25). The van der Waals surface area contributed by atoms with Crippen LogP contribution in [0.3, 0.4) is 0 Å². The van der Waals surface area contributed by atoms with E-state index >= 15 is 0 Å². The highest BCUT2D eigenvalue weighted by Gasteiger charge is 2.19. The number of nitro groups is 1. The number of carbonyl (C=O) groups is 3. The zero-order chi connectivity index (χ0) is 22.1. The lowest BCUT2D eigenvalue weighted by molar-refractivity contribution is -0.384. The lowest BCUT2D eigenvalue weighted by Gasteiger charge is -2.12. The number of rotatable bonds is 10. The largest absolute Gasteiger partial charge is 0.452 e. The molecule has 0 aliphatic heterocycles. The van der Waals surface area contributed by atoms with Crippen molar-refractivity contribution >= 4 is 34.7 Å². The molecule has 0 unspecified atom stereocenters. The molecule has 10 nitrogen and oxygen atoms in total. The second-order valence-corrected chi connectivity index (χ2v) is 6.16. The third-order valence-corrected chi connectivity index (χ3v) is 3.97. The fraction of sp³-hybridized carbons (Fsp3) is 0.250. The third kappa shape index (κ3) is 6.38. The van der Waals surface area contributed by atoms with Crippen LogP contribution in [0.5, 0.6) is 0 Å². The van der Waals surface area contributed by atoms with Crippen molar-refractivity contribution in [1.82, 2.24) is 0 Å². The van der Waals surface area contributed by atoms with E-state index < -0.39 is 23.4 Å². The summed E-state index contributed by atoms with van der Waals surface area (Å²) < 4.78 is 9.93.